The molecule has 0 saturated heterocycles. The number of hydrogen-bond acceptors (Lipinski definition) is 6. The van der Waals surface area contributed by atoms with Crippen molar-refractivity contribution in [2.75, 3.05) is 13.7 Å². The molecule has 8 nitrogen and oxygen atoms in total. The van der Waals surface area contributed by atoms with Crippen molar-refractivity contribution in [2.45, 2.75) is 11.3 Å². The standard InChI is InChI=1S/C21H21N3O5S/c1-29-18-9-11-19(12-10-18)30(27,28)24(13-5-8-17(14-24)21(26)23-22)15-20(25)16-6-3-2-4-7-16/h2-7,9-14H,8,15,22H2,1H3/p+1. The van der Waals surface area contributed by atoms with Crippen LogP contribution in [0.25, 0.3) is 0 Å². The Labute approximate surface area is 174 Å². The molecule has 0 fully saturated rings. The van der Waals surface area contributed by atoms with Crippen LogP contribution in [0.15, 0.2) is 83.5 Å². The summed E-state index contributed by atoms with van der Waals surface area (Å²) in [5.74, 6) is 4.73. The van der Waals surface area contributed by atoms with Gasteiger partial charge in [0.2, 0.25) is 5.78 Å². The second kappa shape index (κ2) is 8.62. The molecule has 1 heterocycles. The van der Waals surface area contributed by atoms with E-state index < -0.39 is 26.4 Å². The number of Topliss-reactive ketones (excluding diaryl/α,β-unsaturated/α-hetero) is 1. The van der Waals surface area contributed by atoms with Crippen LogP contribution in [-0.4, -0.2) is 37.7 Å². The van der Waals surface area contributed by atoms with E-state index in [2.05, 4.69) is 0 Å². The Balaban J connectivity index is 2.12. The lowest BCUT2D eigenvalue weighted by Gasteiger charge is -2.31. The predicted octanol–water partition coefficient (Wildman–Crippen LogP) is 1.87. The maximum atomic E-state index is 13.7. The number of hydrazine groups is 1. The number of quaternary nitrogens is 1. The van der Waals surface area contributed by atoms with Gasteiger partial charge in [0.15, 0.2) is 6.54 Å². The number of nitrogens with zero attached hydrogens (tertiary/aromatic N) is 1. The molecule has 1 atom stereocenters. The van der Waals surface area contributed by atoms with E-state index >= 15 is 0 Å². The third-order valence-corrected chi connectivity index (χ3v) is 6.90. The molecular formula is C21H22N3O5S+. The molecule has 1 aliphatic heterocycles. The summed E-state index contributed by atoms with van der Waals surface area (Å²) in [6.07, 6.45) is 4.42. The molecule has 2 aromatic carbocycles. The average molecular weight is 428 g/mol. The van der Waals surface area contributed by atoms with E-state index in [0.717, 1.165) is 0 Å². The molecule has 3 N–H and O–H groups in total. The van der Waals surface area contributed by atoms with Crippen LogP contribution in [0.3, 0.4) is 0 Å². The minimum atomic E-state index is -4.15. The van der Waals surface area contributed by atoms with Gasteiger partial charge in [0, 0.05) is 12.0 Å². The summed E-state index contributed by atoms with van der Waals surface area (Å²) in [4.78, 5) is 25.1. The number of sulfonamides is 1. The van der Waals surface area contributed by atoms with E-state index in [1.807, 2.05) is 5.43 Å². The second-order valence-electron chi connectivity index (χ2n) is 6.67. The van der Waals surface area contributed by atoms with Gasteiger partial charge in [0.25, 0.3) is 5.91 Å². The van der Waals surface area contributed by atoms with Crippen molar-refractivity contribution in [3.63, 3.8) is 0 Å². The Hall–Kier alpha value is -3.27. The molecule has 0 aliphatic carbocycles. The minimum absolute atomic E-state index is 0.0144. The Morgan fingerprint density at radius 1 is 1.10 bits per heavy atom. The molecule has 9 heteroatoms. The summed E-state index contributed by atoms with van der Waals surface area (Å²) in [6.45, 7) is -0.420. The highest BCUT2D eigenvalue weighted by Gasteiger charge is 2.44. The molecule has 3 rings (SSSR count). The van der Waals surface area contributed by atoms with Gasteiger partial charge in [0.1, 0.15) is 23.0 Å². The van der Waals surface area contributed by atoms with Gasteiger partial charge in [-0.15, -0.1) is 0 Å². The molecule has 2 aromatic rings. The zero-order valence-corrected chi connectivity index (χ0v) is 17.1. The number of ketones is 1. The number of methoxy groups -OCH3 is 1. The zero-order chi connectivity index (χ0) is 21.8. The molecule has 0 saturated carbocycles. The van der Waals surface area contributed by atoms with Crippen molar-refractivity contribution in [3.8, 4) is 5.75 Å². The van der Waals surface area contributed by atoms with Crippen molar-refractivity contribution in [3.05, 3.63) is 84.2 Å². The third kappa shape index (κ3) is 4.04. The SMILES string of the molecule is COc1ccc(S(=O)(=O)[N+]2(CC(=O)c3ccccc3)C=CCC(C(=O)NN)=C2)cc1. The molecule has 0 aromatic heterocycles. The fourth-order valence-corrected chi connectivity index (χ4v) is 4.85. The van der Waals surface area contributed by atoms with Crippen LogP contribution < -0.4 is 16.0 Å². The normalized spacial score (nSPS) is 18.4. The van der Waals surface area contributed by atoms with Crippen LogP contribution in [-0.2, 0) is 14.8 Å². The monoisotopic (exact) mass is 428 g/mol. The second-order valence-corrected chi connectivity index (χ2v) is 8.77. The summed E-state index contributed by atoms with van der Waals surface area (Å²) in [7, 11) is -2.67. The molecule has 0 radical (unpaired) electrons. The van der Waals surface area contributed by atoms with Gasteiger partial charge in [-0.25, -0.2) is 5.84 Å². The lowest BCUT2D eigenvalue weighted by molar-refractivity contribution is -0.684. The summed E-state index contributed by atoms with van der Waals surface area (Å²) < 4.78 is 31.5. The fourth-order valence-electron chi connectivity index (χ4n) is 3.18. The number of benzene rings is 2. The fraction of sp³-hybridized carbons (Fsp3) is 0.143. The van der Waals surface area contributed by atoms with Gasteiger partial charge in [-0.05, 0) is 30.3 Å². The Morgan fingerprint density at radius 2 is 1.77 bits per heavy atom. The summed E-state index contributed by atoms with van der Waals surface area (Å²) >= 11 is 0. The lowest BCUT2D eigenvalue weighted by Crippen LogP contribution is -2.48. The van der Waals surface area contributed by atoms with Crippen molar-refractivity contribution < 1.29 is 26.6 Å². The number of carbonyl (C=O) groups is 2. The highest BCUT2D eigenvalue weighted by atomic mass is 32.2. The number of allylic oxidation sites excluding steroid dienone is 1. The quantitative estimate of drug-likeness (QED) is 0.229. The van der Waals surface area contributed by atoms with Gasteiger partial charge < -0.3 is 4.74 Å². The first-order valence-electron chi connectivity index (χ1n) is 9.08. The van der Waals surface area contributed by atoms with E-state index in [4.69, 9.17) is 10.6 Å². The van der Waals surface area contributed by atoms with Crippen LogP contribution in [0.5, 0.6) is 5.75 Å². The summed E-state index contributed by atoms with van der Waals surface area (Å²) in [6, 6.07) is 14.2. The molecular weight excluding hydrogens is 406 g/mol. The van der Waals surface area contributed by atoms with E-state index in [1.165, 1.54) is 43.8 Å². The number of rotatable bonds is 7. The molecule has 1 amide bonds. The van der Waals surface area contributed by atoms with Gasteiger partial charge >= 0.3 is 10.0 Å². The number of nitrogens with two attached hydrogens (primary N) is 1. The summed E-state index contributed by atoms with van der Waals surface area (Å²) in [5.41, 5.74) is 2.54. The molecule has 1 unspecified atom stereocenters. The molecule has 0 spiro atoms. The predicted molar refractivity (Wildman–Crippen MR) is 110 cm³/mol. The topological polar surface area (TPSA) is 116 Å². The van der Waals surface area contributed by atoms with Gasteiger partial charge in [-0.3, -0.25) is 15.0 Å². The Bertz CT molecular complexity index is 1110. The Morgan fingerprint density at radius 3 is 2.37 bits per heavy atom. The minimum Gasteiger partial charge on any atom is -0.497 e. The van der Waals surface area contributed by atoms with Gasteiger partial charge in [-0.1, -0.05) is 30.3 Å². The number of ether oxygens (including phenoxy) is 1. The van der Waals surface area contributed by atoms with E-state index in [1.54, 1.807) is 36.4 Å². The van der Waals surface area contributed by atoms with E-state index in [9.17, 15) is 18.0 Å². The highest BCUT2D eigenvalue weighted by Crippen LogP contribution is 2.32. The van der Waals surface area contributed by atoms with E-state index in [0.29, 0.717) is 11.3 Å². The zero-order valence-electron chi connectivity index (χ0n) is 16.3. The highest BCUT2D eigenvalue weighted by molar-refractivity contribution is 7.86. The first-order chi connectivity index (χ1) is 14.3. The molecule has 156 valence electrons. The largest absolute Gasteiger partial charge is 0.497 e. The Kier molecular flexibility index (Phi) is 6.16. The maximum absolute atomic E-state index is 13.7. The molecule has 0 bridgehead atoms. The van der Waals surface area contributed by atoms with Gasteiger partial charge in [0.05, 0.1) is 12.7 Å². The number of carbonyl (C=O) groups excluding carboxylic acids is 2. The third-order valence-electron chi connectivity index (χ3n) is 4.78. The number of nitrogens with one attached hydrogen (secondary N) is 1. The average Bonchev–Trinajstić information content (AvgIpc) is 2.79. The summed E-state index contributed by atoms with van der Waals surface area (Å²) in [5, 5.41) is 0. The molecule has 1 aliphatic rings. The van der Waals surface area contributed by atoms with Crippen molar-refractivity contribution in [1.82, 2.24) is 5.43 Å². The van der Waals surface area contributed by atoms with Crippen LogP contribution in [0.1, 0.15) is 16.8 Å². The van der Waals surface area contributed by atoms with E-state index in [-0.39, 0.29) is 22.7 Å². The lowest BCUT2D eigenvalue weighted by atomic mass is 10.1. The van der Waals surface area contributed by atoms with Crippen LogP contribution in [0.4, 0.5) is 0 Å². The van der Waals surface area contributed by atoms with Crippen molar-refractivity contribution >= 4 is 21.7 Å². The molecule has 30 heavy (non-hydrogen) atoms. The number of hydrogen-bond donors (Lipinski definition) is 2. The first-order valence-corrected chi connectivity index (χ1v) is 10.5. The first kappa shape index (κ1) is 21.4. The smallest absolute Gasteiger partial charge is 0.336 e. The van der Waals surface area contributed by atoms with Crippen molar-refractivity contribution in [1.29, 1.82) is 0 Å². The number of amides is 1. The van der Waals surface area contributed by atoms with Crippen LogP contribution in [0.2, 0.25) is 0 Å². The van der Waals surface area contributed by atoms with Crippen LogP contribution >= 0.6 is 0 Å². The van der Waals surface area contributed by atoms with Gasteiger partial charge in [-0.2, -0.15) is 12.3 Å². The van der Waals surface area contributed by atoms with Crippen LogP contribution in [0, 0.1) is 0 Å². The maximum Gasteiger partial charge on any atom is 0.336 e. The van der Waals surface area contributed by atoms with Crippen molar-refractivity contribution in [2.24, 2.45) is 5.84 Å².